The number of rotatable bonds is 6. The second-order valence-corrected chi connectivity index (χ2v) is 8.27. The van der Waals surface area contributed by atoms with Crippen molar-refractivity contribution in [3.05, 3.63) is 76.4 Å². The van der Waals surface area contributed by atoms with E-state index in [1.54, 1.807) is 32.9 Å². The number of carbonyl (C=O) groups is 1. The molecular formula is C20H20FN3O4S. The Kier molecular flexibility index (Phi) is 5.69. The van der Waals surface area contributed by atoms with Crippen molar-refractivity contribution in [2.24, 2.45) is 0 Å². The van der Waals surface area contributed by atoms with Gasteiger partial charge in [-0.2, -0.15) is 0 Å². The van der Waals surface area contributed by atoms with Crippen LogP contribution in [-0.4, -0.2) is 19.5 Å². The fraction of sp³-hybridized carbons (Fsp3) is 0.200. The van der Waals surface area contributed by atoms with Gasteiger partial charge in [-0.3, -0.25) is 9.52 Å². The number of aromatic nitrogens is 1. The Morgan fingerprint density at radius 3 is 2.55 bits per heavy atom. The minimum absolute atomic E-state index is 0.191. The van der Waals surface area contributed by atoms with Crippen LogP contribution in [0.2, 0.25) is 0 Å². The average molecular weight is 417 g/mol. The van der Waals surface area contributed by atoms with Crippen LogP contribution in [0.15, 0.2) is 51.9 Å². The van der Waals surface area contributed by atoms with Crippen molar-refractivity contribution < 1.29 is 22.1 Å². The fourth-order valence-corrected chi connectivity index (χ4v) is 3.76. The highest BCUT2D eigenvalue weighted by Gasteiger charge is 2.17. The van der Waals surface area contributed by atoms with Crippen LogP contribution in [-0.2, 0) is 16.6 Å². The molecule has 152 valence electrons. The molecule has 0 bridgehead atoms. The largest absolute Gasteiger partial charge is 0.361 e. The van der Waals surface area contributed by atoms with Gasteiger partial charge in [0.05, 0.1) is 10.6 Å². The number of sulfonamides is 1. The SMILES string of the molecule is Cc1ccc(S(=O)(=O)Nc2cccc(C(=O)NCc3c(C)noc3C)c2)cc1F. The summed E-state index contributed by atoms with van der Waals surface area (Å²) in [6.45, 7) is 5.31. The van der Waals surface area contributed by atoms with Crippen LogP contribution in [0.5, 0.6) is 0 Å². The number of hydrogen-bond donors (Lipinski definition) is 2. The Labute approximate surface area is 168 Å². The summed E-state index contributed by atoms with van der Waals surface area (Å²) in [5.41, 5.74) is 2.29. The zero-order valence-corrected chi connectivity index (χ0v) is 16.9. The van der Waals surface area contributed by atoms with Crippen LogP contribution in [0.1, 0.15) is 32.9 Å². The predicted molar refractivity (Wildman–Crippen MR) is 106 cm³/mol. The van der Waals surface area contributed by atoms with Gasteiger partial charge in [-0.1, -0.05) is 17.3 Å². The van der Waals surface area contributed by atoms with Crippen molar-refractivity contribution in [2.45, 2.75) is 32.2 Å². The summed E-state index contributed by atoms with van der Waals surface area (Å²) < 4.78 is 46.2. The molecular weight excluding hydrogens is 397 g/mol. The van der Waals surface area contributed by atoms with Crippen LogP contribution in [0.3, 0.4) is 0 Å². The highest BCUT2D eigenvalue weighted by molar-refractivity contribution is 7.92. The lowest BCUT2D eigenvalue weighted by Crippen LogP contribution is -2.23. The lowest BCUT2D eigenvalue weighted by molar-refractivity contribution is 0.0951. The van der Waals surface area contributed by atoms with E-state index in [2.05, 4.69) is 15.2 Å². The smallest absolute Gasteiger partial charge is 0.261 e. The van der Waals surface area contributed by atoms with Gasteiger partial charge in [-0.25, -0.2) is 12.8 Å². The van der Waals surface area contributed by atoms with Gasteiger partial charge in [0.2, 0.25) is 0 Å². The third-order valence-corrected chi connectivity index (χ3v) is 5.82. The third kappa shape index (κ3) is 4.62. The predicted octanol–water partition coefficient (Wildman–Crippen LogP) is 3.47. The Morgan fingerprint density at radius 2 is 1.90 bits per heavy atom. The molecule has 1 heterocycles. The maximum Gasteiger partial charge on any atom is 0.261 e. The number of amides is 1. The van der Waals surface area contributed by atoms with Gasteiger partial charge in [0, 0.05) is 23.4 Å². The number of aryl methyl sites for hydroxylation is 3. The molecule has 0 aliphatic rings. The molecule has 0 unspecified atom stereocenters. The van der Waals surface area contributed by atoms with Crippen LogP contribution in [0.25, 0.3) is 0 Å². The minimum Gasteiger partial charge on any atom is -0.361 e. The first-order valence-electron chi connectivity index (χ1n) is 8.76. The van der Waals surface area contributed by atoms with Gasteiger partial charge in [0.1, 0.15) is 11.6 Å². The molecule has 0 spiro atoms. The summed E-state index contributed by atoms with van der Waals surface area (Å²) in [6.07, 6.45) is 0. The molecule has 3 aromatic rings. The van der Waals surface area contributed by atoms with Crippen molar-refractivity contribution in [1.29, 1.82) is 0 Å². The quantitative estimate of drug-likeness (QED) is 0.640. The normalized spacial score (nSPS) is 11.3. The number of carbonyl (C=O) groups excluding carboxylic acids is 1. The van der Waals surface area contributed by atoms with E-state index in [9.17, 15) is 17.6 Å². The van der Waals surface area contributed by atoms with Gasteiger partial charge in [0.15, 0.2) is 0 Å². The van der Waals surface area contributed by atoms with E-state index in [-0.39, 0.29) is 28.6 Å². The third-order valence-electron chi connectivity index (χ3n) is 4.44. The minimum atomic E-state index is -4.00. The first-order chi connectivity index (χ1) is 13.7. The van der Waals surface area contributed by atoms with E-state index in [0.717, 1.165) is 11.6 Å². The summed E-state index contributed by atoms with van der Waals surface area (Å²) in [5, 5.41) is 6.58. The van der Waals surface area contributed by atoms with Gasteiger partial charge in [-0.15, -0.1) is 0 Å². The second kappa shape index (κ2) is 8.04. The zero-order valence-electron chi connectivity index (χ0n) is 16.1. The maximum absolute atomic E-state index is 13.7. The van der Waals surface area contributed by atoms with Crippen molar-refractivity contribution in [3.63, 3.8) is 0 Å². The average Bonchev–Trinajstić information content (AvgIpc) is 2.99. The summed E-state index contributed by atoms with van der Waals surface area (Å²) in [6, 6.07) is 9.70. The highest BCUT2D eigenvalue weighted by atomic mass is 32.2. The lowest BCUT2D eigenvalue weighted by atomic mass is 10.1. The van der Waals surface area contributed by atoms with Gasteiger partial charge in [0.25, 0.3) is 15.9 Å². The summed E-state index contributed by atoms with van der Waals surface area (Å²) in [4.78, 5) is 12.2. The highest BCUT2D eigenvalue weighted by Crippen LogP contribution is 2.20. The molecule has 0 radical (unpaired) electrons. The number of anilines is 1. The molecule has 0 aliphatic carbocycles. The molecule has 0 saturated heterocycles. The molecule has 2 N–H and O–H groups in total. The molecule has 0 saturated carbocycles. The van der Waals surface area contributed by atoms with Crippen molar-refractivity contribution in [3.8, 4) is 0 Å². The van der Waals surface area contributed by atoms with Crippen molar-refractivity contribution in [2.75, 3.05) is 4.72 Å². The van der Waals surface area contributed by atoms with Gasteiger partial charge in [-0.05, 0) is 56.7 Å². The Morgan fingerprint density at radius 1 is 1.14 bits per heavy atom. The van der Waals surface area contributed by atoms with Gasteiger partial charge < -0.3 is 9.84 Å². The molecule has 7 nitrogen and oxygen atoms in total. The van der Waals surface area contributed by atoms with E-state index >= 15 is 0 Å². The summed E-state index contributed by atoms with van der Waals surface area (Å²) in [7, 11) is -4.00. The zero-order chi connectivity index (χ0) is 21.2. The Hall–Kier alpha value is -3.20. The number of nitrogens with zero attached hydrogens (tertiary/aromatic N) is 1. The summed E-state index contributed by atoms with van der Waals surface area (Å²) >= 11 is 0. The maximum atomic E-state index is 13.7. The number of nitrogens with one attached hydrogen (secondary N) is 2. The van der Waals surface area contributed by atoms with E-state index in [1.807, 2.05) is 0 Å². The van der Waals surface area contributed by atoms with Gasteiger partial charge >= 0.3 is 0 Å². The lowest BCUT2D eigenvalue weighted by Gasteiger charge is -2.10. The van der Waals surface area contributed by atoms with Crippen LogP contribution >= 0.6 is 0 Å². The van der Waals surface area contributed by atoms with Crippen LogP contribution in [0.4, 0.5) is 10.1 Å². The number of halogens is 1. The second-order valence-electron chi connectivity index (χ2n) is 6.58. The standard InChI is InChI=1S/C20H20FN3O4S/c1-12-7-8-17(10-19(12)21)29(26,27)24-16-6-4-5-15(9-16)20(25)22-11-18-13(2)23-28-14(18)3/h4-10,24H,11H2,1-3H3,(H,22,25). The molecule has 1 amide bonds. The molecule has 0 aliphatic heterocycles. The first-order valence-corrected chi connectivity index (χ1v) is 10.2. The number of hydrogen-bond acceptors (Lipinski definition) is 5. The molecule has 9 heteroatoms. The van der Waals surface area contributed by atoms with E-state index in [4.69, 9.17) is 4.52 Å². The molecule has 0 atom stereocenters. The molecule has 29 heavy (non-hydrogen) atoms. The Balaban J connectivity index is 1.75. The van der Waals surface area contributed by atoms with E-state index < -0.39 is 15.8 Å². The van der Waals surface area contributed by atoms with Crippen LogP contribution in [0, 0.1) is 26.6 Å². The molecule has 2 aromatic carbocycles. The van der Waals surface area contributed by atoms with Crippen LogP contribution < -0.4 is 10.0 Å². The number of benzene rings is 2. The first kappa shape index (κ1) is 20.5. The van der Waals surface area contributed by atoms with Crippen molar-refractivity contribution >= 4 is 21.6 Å². The topological polar surface area (TPSA) is 101 Å². The summed E-state index contributed by atoms with van der Waals surface area (Å²) in [5.74, 6) is -0.373. The molecule has 1 aromatic heterocycles. The van der Waals surface area contributed by atoms with Crippen molar-refractivity contribution in [1.82, 2.24) is 10.5 Å². The van der Waals surface area contributed by atoms with E-state index in [1.165, 1.54) is 24.3 Å². The molecule has 3 rings (SSSR count). The Bertz CT molecular complexity index is 1150. The molecule has 0 fully saturated rings. The van der Waals surface area contributed by atoms with E-state index in [0.29, 0.717) is 17.0 Å². The fourth-order valence-electron chi connectivity index (χ4n) is 2.70. The monoisotopic (exact) mass is 417 g/mol.